The monoisotopic (exact) mass is 269 g/mol. The summed E-state index contributed by atoms with van der Waals surface area (Å²) in [7, 11) is 0. The molecule has 0 radical (unpaired) electrons. The van der Waals surface area contributed by atoms with Crippen molar-refractivity contribution in [3.63, 3.8) is 0 Å². The van der Waals surface area contributed by atoms with E-state index in [9.17, 15) is 4.79 Å². The zero-order chi connectivity index (χ0) is 13.5. The molecule has 18 heavy (non-hydrogen) atoms. The Labute approximate surface area is 113 Å². The normalized spacial score (nSPS) is 10.4. The predicted molar refractivity (Wildman–Crippen MR) is 74.1 cm³/mol. The van der Waals surface area contributed by atoms with Gasteiger partial charge < -0.3 is 10.0 Å². The molecule has 3 nitrogen and oxygen atoms in total. The molecule has 1 rings (SSSR count). The highest BCUT2D eigenvalue weighted by Gasteiger charge is 2.15. The Balaban J connectivity index is 2.83. The number of rotatable bonds is 6. The summed E-state index contributed by atoms with van der Waals surface area (Å²) in [6.45, 7) is 4.99. The van der Waals surface area contributed by atoms with Gasteiger partial charge in [-0.1, -0.05) is 31.0 Å². The summed E-state index contributed by atoms with van der Waals surface area (Å²) in [4.78, 5) is 13.9. The maximum Gasteiger partial charge on any atom is 0.253 e. The second-order valence-corrected chi connectivity index (χ2v) is 4.74. The Hall–Kier alpha value is -1.06. The molecule has 0 aliphatic rings. The number of amides is 1. The van der Waals surface area contributed by atoms with Crippen LogP contribution < -0.4 is 0 Å². The zero-order valence-electron chi connectivity index (χ0n) is 10.9. The number of hydrogen-bond donors (Lipinski definition) is 1. The lowest BCUT2D eigenvalue weighted by molar-refractivity contribution is 0.0719. The Morgan fingerprint density at radius 3 is 2.67 bits per heavy atom. The first kappa shape index (κ1) is 15.0. The first-order chi connectivity index (χ1) is 8.60. The van der Waals surface area contributed by atoms with Gasteiger partial charge in [-0.05, 0) is 31.0 Å². The number of aliphatic hydroxyl groups excluding tert-OH is 1. The molecule has 1 aromatic carbocycles. The summed E-state index contributed by atoms with van der Waals surface area (Å²) in [6, 6.07) is 5.31. The summed E-state index contributed by atoms with van der Waals surface area (Å²) >= 11 is 6.02. The summed E-state index contributed by atoms with van der Waals surface area (Å²) in [6.07, 6.45) is 1.95. The number of nitrogens with zero attached hydrogens (tertiary/aromatic N) is 1. The van der Waals surface area contributed by atoms with E-state index in [4.69, 9.17) is 16.7 Å². The van der Waals surface area contributed by atoms with Gasteiger partial charge in [0.1, 0.15) is 0 Å². The van der Waals surface area contributed by atoms with Crippen molar-refractivity contribution in [3.8, 4) is 0 Å². The lowest BCUT2D eigenvalue weighted by atomic mass is 10.1. The molecule has 0 saturated carbocycles. The Kier molecular flexibility index (Phi) is 6.16. The highest BCUT2D eigenvalue weighted by Crippen LogP contribution is 2.18. The number of aliphatic hydroxyl groups is 1. The molecule has 1 N–H and O–H groups in total. The molecule has 0 heterocycles. The summed E-state index contributed by atoms with van der Waals surface area (Å²) in [5.41, 5.74) is 1.53. The minimum absolute atomic E-state index is 0.0188. The van der Waals surface area contributed by atoms with E-state index in [0.29, 0.717) is 23.7 Å². The van der Waals surface area contributed by atoms with Crippen LogP contribution in [-0.4, -0.2) is 35.6 Å². The van der Waals surface area contributed by atoms with Gasteiger partial charge in [-0.3, -0.25) is 4.79 Å². The van der Waals surface area contributed by atoms with Crippen molar-refractivity contribution in [1.82, 2.24) is 4.90 Å². The minimum Gasteiger partial charge on any atom is -0.395 e. The zero-order valence-corrected chi connectivity index (χ0v) is 11.7. The maximum atomic E-state index is 12.3. The van der Waals surface area contributed by atoms with E-state index >= 15 is 0 Å². The lowest BCUT2D eigenvalue weighted by Gasteiger charge is -2.21. The summed E-state index contributed by atoms with van der Waals surface area (Å²) in [5.74, 6) is -0.0700. The van der Waals surface area contributed by atoms with Crippen molar-refractivity contribution < 1.29 is 9.90 Å². The molecular weight excluding hydrogens is 250 g/mol. The fraction of sp³-hybridized carbons (Fsp3) is 0.500. The van der Waals surface area contributed by atoms with Crippen molar-refractivity contribution in [2.24, 2.45) is 0 Å². The molecule has 0 unspecified atom stereocenters. The Morgan fingerprint density at radius 1 is 1.39 bits per heavy atom. The highest BCUT2D eigenvalue weighted by molar-refractivity contribution is 6.31. The highest BCUT2D eigenvalue weighted by atomic mass is 35.5. The van der Waals surface area contributed by atoms with Crippen molar-refractivity contribution >= 4 is 17.5 Å². The number of carbonyl (C=O) groups excluding carboxylic acids is 1. The third-order valence-corrected chi connectivity index (χ3v) is 3.26. The molecule has 0 aromatic heterocycles. The van der Waals surface area contributed by atoms with Gasteiger partial charge in [0.05, 0.1) is 6.61 Å². The predicted octanol–water partition coefficient (Wildman–Crippen LogP) is 2.88. The molecule has 0 atom stereocenters. The fourth-order valence-corrected chi connectivity index (χ4v) is 1.87. The lowest BCUT2D eigenvalue weighted by Crippen LogP contribution is -2.34. The SMILES string of the molecule is CCCCN(CCO)C(=O)c1ccc(C)c(Cl)c1. The number of halogens is 1. The summed E-state index contributed by atoms with van der Waals surface area (Å²) < 4.78 is 0. The van der Waals surface area contributed by atoms with Gasteiger partial charge in [-0.25, -0.2) is 0 Å². The number of benzene rings is 1. The van der Waals surface area contributed by atoms with Gasteiger partial charge in [0.2, 0.25) is 0 Å². The van der Waals surface area contributed by atoms with Crippen LogP contribution in [0, 0.1) is 6.92 Å². The average Bonchev–Trinajstić information content (AvgIpc) is 2.37. The van der Waals surface area contributed by atoms with Crippen LogP contribution in [0.4, 0.5) is 0 Å². The van der Waals surface area contributed by atoms with E-state index in [-0.39, 0.29) is 12.5 Å². The molecule has 4 heteroatoms. The molecule has 100 valence electrons. The van der Waals surface area contributed by atoms with E-state index in [2.05, 4.69) is 6.92 Å². The maximum absolute atomic E-state index is 12.3. The van der Waals surface area contributed by atoms with Crippen LogP contribution in [0.3, 0.4) is 0 Å². The van der Waals surface area contributed by atoms with Crippen LogP contribution in [0.15, 0.2) is 18.2 Å². The molecule has 0 spiro atoms. The molecular formula is C14H20ClNO2. The molecule has 0 aliphatic heterocycles. The van der Waals surface area contributed by atoms with Crippen LogP contribution >= 0.6 is 11.6 Å². The number of unbranched alkanes of at least 4 members (excludes halogenated alkanes) is 1. The quantitative estimate of drug-likeness (QED) is 0.863. The van der Waals surface area contributed by atoms with Crippen molar-refractivity contribution in [2.45, 2.75) is 26.7 Å². The molecule has 1 amide bonds. The first-order valence-electron chi connectivity index (χ1n) is 6.26. The third kappa shape index (κ3) is 4.00. The minimum atomic E-state index is -0.0700. The van der Waals surface area contributed by atoms with Crippen LogP contribution in [0.5, 0.6) is 0 Å². The third-order valence-electron chi connectivity index (χ3n) is 2.86. The fourth-order valence-electron chi connectivity index (χ4n) is 1.69. The second kappa shape index (κ2) is 7.39. The smallest absolute Gasteiger partial charge is 0.253 e. The molecule has 0 saturated heterocycles. The van der Waals surface area contributed by atoms with Crippen LogP contribution in [-0.2, 0) is 0 Å². The molecule has 0 aliphatic carbocycles. The van der Waals surface area contributed by atoms with Gasteiger partial charge in [0.25, 0.3) is 5.91 Å². The van der Waals surface area contributed by atoms with Gasteiger partial charge in [0.15, 0.2) is 0 Å². The Bertz CT molecular complexity index is 407. The Morgan fingerprint density at radius 2 is 2.11 bits per heavy atom. The van der Waals surface area contributed by atoms with Gasteiger partial charge in [0, 0.05) is 23.7 Å². The van der Waals surface area contributed by atoms with Gasteiger partial charge in [-0.2, -0.15) is 0 Å². The molecule has 0 bridgehead atoms. The van der Waals surface area contributed by atoms with E-state index < -0.39 is 0 Å². The van der Waals surface area contributed by atoms with Gasteiger partial charge in [-0.15, -0.1) is 0 Å². The van der Waals surface area contributed by atoms with Crippen LogP contribution in [0.2, 0.25) is 5.02 Å². The molecule has 0 fully saturated rings. The summed E-state index contributed by atoms with van der Waals surface area (Å²) in [5, 5.41) is 9.61. The van der Waals surface area contributed by atoms with E-state index in [1.165, 1.54) is 0 Å². The van der Waals surface area contributed by atoms with E-state index in [0.717, 1.165) is 18.4 Å². The number of aryl methyl sites for hydroxylation is 1. The second-order valence-electron chi connectivity index (χ2n) is 4.33. The van der Waals surface area contributed by atoms with Crippen LogP contribution in [0.1, 0.15) is 35.7 Å². The van der Waals surface area contributed by atoms with Crippen molar-refractivity contribution in [3.05, 3.63) is 34.3 Å². The standard InChI is InChI=1S/C14H20ClNO2/c1-3-4-7-16(8-9-17)14(18)12-6-5-11(2)13(15)10-12/h5-6,10,17H,3-4,7-9H2,1-2H3. The first-order valence-corrected chi connectivity index (χ1v) is 6.64. The van der Waals surface area contributed by atoms with Gasteiger partial charge >= 0.3 is 0 Å². The largest absolute Gasteiger partial charge is 0.395 e. The molecule has 1 aromatic rings. The van der Waals surface area contributed by atoms with Crippen LogP contribution in [0.25, 0.3) is 0 Å². The van der Waals surface area contributed by atoms with E-state index in [1.807, 2.05) is 13.0 Å². The number of carbonyl (C=O) groups is 1. The number of hydrogen-bond acceptors (Lipinski definition) is 2. The average molecular weight is 270 g/mol. The topological polar surface area (TPSA) is 40.5 Å². The van der Waals surface area contributed by atoms with Crippen molar-refractivity contribution in [2.75, 3.05) is 19.7 Å². The van der Waals surface area contributed by atoms with Crippen molar-refractivity contribution in [1.29, 1.82) is 0 Å². The van der Waals surface area contributed by atoms with E-state index in [1.54, 1.807) is 17.0 Å².